The Morgan fingerprint density at radius 1 is 1.42 bits per heavy atom. The van der Waals surface area contributed by atoms with E-state index in [0.717, 1.165) is 5.56 Å². The molecule has 1 unspecified atom stereocenters. The van der Waals surface area contributed by atoms with Crippen LogP contribution in [0.25, 0.3) is 0 Å². The molecule has 0 aromatic heterocycles. The van der Waals surface area contributed by atoms with Gasteiger partial charge in [-0.25, -0.2) is 0 Å². The summed E-state index contributed by atoms with van der Waals surface area (Å²) in [4.78, 5) is 0.0770. The van der Waals surface area contributed by atoms with E-state index < -0.39 is 22.3 Å². The Kier molecular flexibility index (Phi) is 4.36. The summed E-state index contributed by atoms with van der Waals surface area (Å²) in [5, 5.41) is 9.74. The van der Waals surface area contributed by atoms with Gasteiger partial charge in [0.05, 0.1) is 18.1 Å². The highest BCUT2D eigenvalue weighted by Gasteiger charge is 2.23. The summed E-state index contributed by atoms with van der Waals surface area (Å²) in [5.41, 5.74) is 0.962. The Morgan fingerprint density at radius 2 is 2.11 bits per heavy atom. The van der Waals surface area contributed by atoms with E-state index in [9.17, 15) is 13.5 Å². The maximum atomic E-state index is 11.9. The van der Waals surface area contributed by atoms with E-state index >= 15 is 0 Å². The van der Waals surface area contributed by atoms with Crippen LogP contribution in [0.3, 0.4) is 0 Å². The zero-order valence-corrected chi connectivity index (χ0v) is 11.3. The van der Waals surface area contributed by atoms with Gasteiger partial charge < -0.3 is 9.84 Å². The molecule has 1 heterocycles. The van der Waals surface area contributed by atoms with Crippen molar-refractivity contribution in [1.29, 1.82) is 0 Å². The maximum Gasteiger partial charge on any atom is 0.297 e. The van der Waals surface area contributed by atoms with Gasteiger partial charge in [0, 0.05) is 0 Å². The smallest absolute Gasteiger partial charge is 0.297 e. The summed E-state index contributed by atoms with van der Waals surface area (Å²) in [5.74, 6) is 0. The normalized spacial score (nSPS) is 20.6. The predicted octanol–water partition coefficient (Wildman–Crippen LogP) is 1.02. The maximum absolute atomic E-state index is 11.9. The standard InChI is InChI=1S/C13H16O5S/c1-10-4-6-11(7-5-10)19(15,16)18-9-12(14)13-3-2-8-17-13/h2-7,12-14H,8-9H2,1H3/t12-,13?/m0/s1. The minimum absolute atomic E-state index is 0.0770. The van der Waals surface area contributed by atoms with Gasteiger partial charge in [-0.05, 0) is 19.1 Å². The quantitative estimate of drug-likeness (QED) is 0.645. The number of aliphatic hydroxyl groups excluding tert-OH is 1. The first-order valence-electron chi connectivity index (χ1n) is 5.91. The van der Waals surface area contributed by atoms with Gasteiger partial charge in [-0.3, -0.25) is 4.18 Å². The highest BCUT2D eigenvalue weighted by atomic mass is 32.2. The number of aryl methyl sites for hydroxylation is 1. The lowest BCUT2D eigenvalue weighted by molar-refractivity contribution is -0.00871. The Balaban J connectivity index is 1.97. The molecule has 5 nitrogen and oxygen atoms in total. The average Bonchev–Trinajstić information content (AvgIpc) is 2.90. The van der Waals surface area contributed by atoms with E-state index in [4.69, 9.17) is 8.92 Å². The zero-order valence-electron chi connectivity index (χ0n) is 10.5. The SMILES string of the molecule is Cc1ccc(S(=O)(=O)OC[C@H](O)C2C=CCO2)cc1. The monoisotopic (exact) mass is 284 g/mol. The van der Waals surface area contributed by atoms with Crippen molar-refractivity contribution < 1.29 is 22.4 Å². The Hall–Kier alpha value is -1.21. The van der Waals surface area contributed by atoms with Crippen molar-refractivity contribution >= 4 is 10.1 Å². The molecular weight excluding hydrogens is 268 g/mol. The molecule has 0 spiro atoms. The van der Waals surface area contributed by atoms with Crippen LogP contribution < -0.4 is 0 Å². The number of rotatable bonds is 5. The zero-order chi connectivity index (χ0) is 13.9. The number of hydrogen-bond acceptors (Lipinski definition) is 5. The minimum atomic E-state index is -3.84. The topological polar surface area (TPSA) is 72.8 Å². The molecule has 6 heteroatoms. The number of benzene rings is 1. The van der Waals surface area contributed by atoms with Crippen molar-refractivity contribution in [1.82, 2.24) is 0 Å². The van der Waals surface area contributed by atoms with Crippen LogP contribution >= 0.6 is 0 Å². The summed E-state index contributed by atoms with van der Waals surface area (Å²) < 4.78 is 33.7. The number of aliphatic hydroxyl groups is 1. The second-order valence-electron chi connectivity index (χ2n) is 4.35. The fraction of sp³-hybridized carbons (Fsp3) is 0.385. The van der Waals surface area contributed by atoms with Crippen LogP contribution in [0, 0.1) is 6.92 Å². The van der Waals surface area contributed by atoms with Gasteiger partial charge in [-0.2, -0.15) is 8.42 Å². The average molecular weight is 284 g/mol. The van der Waals surface area contributed by atoms with Crippen molar-refractivity contribution in [3.05, 3.63) is 42.0 Å². The molecule has 2 rings (SSSR count). The van der Waals surface area contributed by atoms with Crippen LogP contribution in [-0.2, 0) is 19.0 Å². The molecular formula is C13H16O5S. The first-order chi connectivity index (χ1) is 8.99. The molecule has 1 aromatic rings. The van der Waals surface area contributed by atoms with Crippen LogP contribution in [0.1, 0.15) is 5.56 Å². The first kappa shape index (κ1) is 14.2. The third-order valence-corrected chi connectivity index (χ3v) is 4.09. The highest BCUT2D eigenvalue weighted by Crippen LogP contribution is 2.15. The van der Waals surface area contributed by atoms with Gasteiger partial charge in [-0.15, -0.1) is 0 Å². The van der Waals surface area contributed by atoms with Crippen LogP contribution in [-0.4, -0.2) is 38.9 Å². The molecule has 1 N–H and O–H groups in total. The van der Waals surface area contributed by atoms with E-state index in [0.29, 0.717) is 6.61 Å². The molecule has 0 fully saturated rings. The largest absolute Gasteiger partial charge is 0.388 e. The van der Waals surface area contributed by atoms with E-state index in [-0.39, 0.29) is 11.5 Å². The molecule has 0 saturated carbocycles. The van der Waals surface area contributed by atoms with Gasteiger partial charge in [0.25, 0.3) is 10.1 Å². The van der Waals surface area contributed by atoms with Crippen molar-refractivity contribution in [3.63, 3.8) is 0 Å². The van der Waals surface area contributed by atoms with Gasteiger partial charge in [0.1, 0.15) is 12.2 Å². The van der Waals surface area contributed by atoms with E-state index in [1.165, 1.54) is 12.1 Å². The Morgan fingerprint density at radius 3 is 2.68 bits per heavy atom. The summed E-state index contributed by atoms with van der Waals surface area (Å²) in [6, 6.07) is 6.33. The Bertz CT molecular complexity index is 547. The van der Waals surface area contributed by atoms with E-state index in [2.05, 4.69) is 0 Å². The molecule has 0 radical (unpaired) electrons. The van der Waals surface area contributed by atoms with Gasteiger partial charge in [0.2, 0.25) is 0 Å². The lowest BCUT2D eigenvalue weighted by Crippen LogP contribution is -2.30. The lowest BCUT2D eigenvalue weighted by atomic mass is 10.2. The molecule has 2 atom stereocenters. The number of ether oxygens (including phenoxy) is 1. The molecule has 19 heavy (non-hydrogen) atoms. The lowest BCUT2D eigenvalue weighted by Gasteiger charge is -2.16. The molecule has 1 aliphatic heterocycles. The number of hydrogen-bond donors (Lipinski definition) is 1. The predicted molar refractivity (Wildman–Crippen MR) is 69.2 cm³/mol. The van der Waals surface area contributed by atoms with Crippen LogP contribution in [0.5, 0.6) is 0 Å². The minimum Gasteiger partial charge on any atom is -0.388 e. The first-order valence-corrected chi connectivity index (χ1v) is 7.32. The summed E-state index contributed by atoms with van der Waals surface area (Å²) in [7, 11) is -3.84. The highest BCUT2D eigenvalue weighted by molar-refractivity contribution is 7.86. The van der Waals surface area contributed by atoms with Crippen molar-refractivity contribution in [2.45, 2.75) is 24.0 Å². The van der Waals surface area contributed by atoms with E-state index in [1.54, 1.807) is 24.3 Å². The molecule has 1 aliphatic rings. The van der Waals surface area contributed by atoms with E-state index in [1.807, 2.05) is 6.92 Å². The van der Waals surface area contributed by atoms with Crippen molar-refractivity contribution in [3.8, 4) is 0 Å². The fourth-order valence-electron chi connectivity index (χ4n) is 1.68. The summed E-state index contributed by atoms with van der Waals surface area (Å²) in [6.45, 7) is 1.96. The second kappa shape index (κ2) is 5.83. The second-order valence-corrected chi connectivity index (χ2v) is 5.96. The third kappa shape index (κ3) is 3.63. The van der Waals surface area contributed by atoms with Gasteiger partial charge >= 0.3 is 0 Å². The molecule has 104 valence electrons. The molecule has 1 aromatic carbocycles. The fourth-order valence-corrected chi connectivity index (χ4v) is 2.60. The van der Waals surface area contributed by atoms with Gasteiger partial charge in [-0.1, -0.05) is 29.8 Å². The summed E-state index contributed by atoms with van der Waals surface area (Å²) >= 11 is 0. The molecule has 0 aliphatic carbocycles. The molecule has 0 amide bonds. The van der Waals surface area contributed by atoms with Crippen LogP contribution in [0.15, 0.2) is 41.3 Å². The molecule has 0 bridgehead atoms. The van der Waals surface area contributed by atoms with Crippen LogP contribution in [0.2, 0.25) is 0 Å². The Labute approximate surface area is 112 Å². The third-order valence-electron chi connectivity index (χ3n) is 2.79. The van der Waals surface area contributed by atoms with Gasteiger partial charge in [0.15, 0.2) is 0 Å². The summed E-state index contributed by atoms with van der Waals surface area (Å²) in [6.07, 6.45) is 1.95. The molecule has 0 saturated heterocycles. The van der Waals surface area contributed by atoms with Crippen molar-refractivity contribution in [2.24, 2.45) is 0 Å². The van der Waals surface area contributed by atoms with Crippen LogP contribution in [0.4, 0.5) is 0 Å². The van der Waals surface area contributed by atoms with Crippen molar-refractivity contribution in [2.75, 3.05) is 13.2 Å².